The summed E-state index contributed by atoms with van der Waals surface area (Å²) in [6, 6.07) is 0. The van der Waals surface area contributed by atoms with Gasteiger partial charge in [-0.15, -0.1) is 11.5 Å². The highest BCUT2D eigenvalue weighted by molar-refractivity contribution is 7.03. The van der Waals surface area contributed by atoms with E-state index in [0.717, 1.165) is 0 Å². The van der Waals surface area contributed by atoms with Crippen LogP contribution in [0.3, 0.4) is 0 Å². The van der Waals surface area contributed by atoms with Gasteiger partial charge in [-0.1, -0.05) is 15.6 Å². The first-order valence-corrected chi connectivity index (χ1v) is 3.63. The SMILES string of the molecule is C#CCO/N=C/c1csnn1. The Morgan fingerprint density at radius 2 is 2.82 bits per heavy atom. The molecule has 0 aliphatic heterocycles. The van der Waals surface area contributed by atoms with Crippen molar-refractivity contribution in [3.8, 4) is 12.3 Å². The summed E-state index contributed by atoms with van der Waals surface area (Å²) in [6.45, 7) is 0.175. The Kier molecular flexibility index (Phi) is 3.09. The standard InChI is InChI=1S/C6H5N3OS/c1-2-3-10-7-4-6-5-11-9-8-6/h1,4-5H,3H2/b7-4+. The third-order valence-corrected chi connectivity index (χ3v) is 1.31. The zero-order valence-corrected chi connectivity index (χ0v) is 6.41. The van der Waals surface area contributed by atoms with Gasteiger partial charge in [-0.3, -0.25) is 0 Å². The van der Waals surface area contributed by atoms with Crippen molar-refractivity contribution in [2.75, 3.05) is 6.61 Å². The van der Waals surface area contributed by atoms with Gasteiger partial charge in [-0.05, 0) is 11.5 Å². The second kappa shape index (κ2) is 4.41. The molecule has 0 aliphatic rings. The molecule has 4 nitrogen and oxygen atoms in total. The maximum Gasteiger partial charge on any atom is 0.177 e. The molecule has 0 saturated heterocycles. The van der Waals surface area contributed by atoms with E-state index in [1.165, 1.54) is 17.7 Å². The minimum atomic E-state index is 0.175. The molecule has 1 aromatic rings. The number of hydrogen-bond donors (Lipinski definition) is 0. The van der Waals surface area contributed by atoms with Crippen LogP contribution in [0.4, 0.5) is 0 Å². The molecule has 0 bridgehead atoms. The smallest absolute Gasteiger partial charge is 0.177 e. The first-order chi connectivity index (χ1) is 5.43. The van der Waals surface area contributed by atoms with Gasteiger partial charge in [0.1, 0.15) is 5.69 Å². The normalized spacial score (nSPS) is 9.73. The molecule has 0 fully saturated rings. The first-order valence-electron chi connectivity index (χ1n) is 2.79. The van der Waals surface area contributed by atoms with Gasteiger partial charge in [0.2, 0.25) is 0 Å². The van der Waals surface area contributed by atoms with Crippen molar-refractivity contribution in [3.63, 3.8) is 0 Å². The number of nitrogens with zero attached hydrogens (tertiary/aromatic N) is 3. The van der Waals surface area contributed by atoms with Crippen LogP contribution in [0.25, 0.3) is 0 Å². The Labute approximate surface area is 68.0 Å². The number of terminal acetylenes is 1. The summed E-state index contributed by atoms with van der Waals surface area (Å²) < 4.78 is 3.63. The maximum absolute atomic E-state index is 4.91. The number of aromatic nitrogens is 2. The van der Waals surface area contributed by atoms with Gasteiger partial charge in [0, 0.05) is 5.38 Å². The molecule has 0 amide bonds. The van der Waals surface area contributed by atoms with E-state index in [1.54, 1.807) is 5.38 Å². The van der Waals surface area contributed by atoms with E-state index in [2.05, 4.69) is 25.5 Å². The molecule has 0 saturated carbocycles. The van der Waals surface area contributed by atoms with Gasteiger partial charge in [0.25, 0.3) is 0 Å². The Morgan fingerprint density at radius 1 is 1.91 bits per heavy atom. The monoisotopic (exact) mass is 167 g/mol. The molecule has 0 spiro atoms. The Balaban J connectivity index is 2.32. The predicted octanol–water partition coefficient (Wildman–Crippen LogP) is 0.522. The molecule has 1 aromatic heterocycles. The van der Waals surface area contributed by atoms with Crippen LogP contribution in [0.2, 0.25) is 0 Å². The predicted molar refractivity (Wildman–Crippen MR) is 42.3 cm³/mol. The third kappa shape index (κ3) is 2.78. The summed E-state index contributed by atoms with van der Waals surface area (Å²) in [4.78, 5) is 4.63. The molecule has 0 unspecified atom stereocenters. The Bertz CT molecular complexity index is 262. The molecule has 5 heteroatoms. The lowest BCUT2D eigenvalue weighted by atomic mass is 10.6. The first kappa shape index (κ1) is 7.69. The van der Waals surface area contributed by atoms with Crippen LogP contribution in [-0.2, 0) is 4.84 Å². The molecule has 0 radical (unpaired) electrons. The largest absolute Gasteiger partial charge is 0.383 e. The highest BCUT2D eigenvalue weighted by atomic mass is 32.1. The molecule has 0 N–H and O–H groups in total. The lowest BCUT2D eigenvalue weighted by molar-refractivity contribution is 0.181. The van der Waals surface area contributed by atoms with E-state index in [-0.39, 0.29) is 6.61 Å². The van der Waals surface area contributed by atoms with E-state index in [1.807, 2.05) is 0 Å². The Morgan fingerprint density at radius 3 is 3.45 bits per heavy atom. The van der Waals surface area contributed by atoms with E-state index < -0.39 is 0 Å². The lowest BCUT2D eigenvalue weighted by Crippen LogP contribution is -1.85. The zero-order valence-electron chi connectivity index (χ0n) is 5.60. The van der Waals surface area contributed by atoms with Gasteiger partial charge < -0.3 is 4.84 Å². The molecular weight excluding hydrogens is 162 g/mol. The van der Waals surface area contributed by atoms with Crippen LogP contribution in [-0.4, -0.2) is 22.4 Å². The van der Waals surface area contributed by atoms with Crippen molar-refractivity contribution in [3.05, 3.63) is 11.1 Å². The number of rotatable bonds is 3. The van der Waals surface area contributed by atoms with Gasteiger partial charge in [-0.25, -0.2) is 0 Å². The van der Waals surface area contributed by atoms with E-state index in [0.29, 0.717) is 5.69 Å². The van der Waals surface area contributed by atoms with Gasteiger partial charge in [-0.2, -0.15) is 0 Å². The number of hydrogen-bond acceptors (Lipinski definition) is 5. The molecule has 0 atom stereocenters. The average molecular weight is 167 g/mol. The van der Waals surface area contributed by atoms with Crippen LogP contribution in [0.1, 0.15) is 5.69 Å². The minimum Gasteiger partial charge on any atom is -0.383 e. The molecule has 11 heavy (non-hydrogen) atoms. The summed E-state index contributed by atoms with van der Waals surface area (Å²) in [5, 5.41) is 8.99. The van der Waals surface area contributed by atoms with Crippen molar-refractivity contribution in [2.24, 2.45) is 5.16 Å². The third-order valence-electron chi connectivity index (χ3n) is 0.784. The summed E-state index contributed by atoms with van der Waals surface area (Å²) in [7, 11) is 0. The highest BCUT2D eigenvalue weighted by Crippen LogP contribution is 1.92. The van der Waals surface area contributed by atoms with Crippen LogP contribution in [0.15, 0.2) is 10.5 Å². The van der Waals surface area contributed by atoms with Crippen molar-refractivity contribution in [2.45, 2.75) is 0 Å². The van der Waals surface area contributed by atoms with E-state index in [9.17, 15) is 0 Å². The van der Waals surface area contributed by atoms with Crippen molar-refractivity contribution in [1.82, 2.24) is 9.59 Å². The lowest BCUT2D eigenvalue weighted by Gasteiger charge is -1.86. The minimum absolute atomic E-state index is 0.175. The van der Waals surface area contributed by atoms with Crippen molar-refractivity contribution < 1.29 is 4.84 Å². The van der Waals surface area contributed by atoms with E-state index >= 15 is 0 Å². The Hall–Kier alpha value is -1.41. The fraction of sp³-hybridized carbons (Fsp3) is 0.167. The summed E-state index contributed by atoms with van der Waals surface area (Å²) in [5.41, 5.74) is 0.673. The molecule has 1 heterocycles. The van der Waals surface area contributed by atoms with Gasteiger partial charge >= 0.3 is 0 Å². The van der Waals surface area contributed by atoms with Crippen LogP contribution >= 0.6 is 11.5 Å². The zero-order chi connectivity index (χ0) is 7.94. The van der Waals surface area contributed by atoms with Crippen molar-refractivity contribution >= 4 is 17.7 Å². The van der Waals surface area contributed by atoms with Gasteiger partial charge in [0.05, 0.1) is 6.21 Å². The van der Waals surface area contributed by atoms with Crippen LogP contribution < -0.4 is 0 Å². The fourth-order valence-corrected chi connectivity index (χ4v) is 0.798. The fourth-order valence-electron chi connectivity index (χ4n) is 0.394. The summed E-state index contributed by atoms with van der Waals surface area (Å²) >= 11 is 1.26. The molecule has 1 rings (SSSR count). The second-order valence-electron chi connectivity index (χ2n) is 1.54. The quantitative estimate of drug-likeness (QED) is 0.285. The molecular formula is C6H5N3OS. The van der Waals surface area contributed by atoms with Crippen LogP contribution in [0.5, 0.6) is 0 Å². The van der Waals surface area contributed by atoms with Gasteiger partial charge in [0.15, 0.2) is 6.61 Å². The molecule has 56 valence electrons. The average Bonchev–Trinajstić information content (AvgIpc) is 2.50. The summed E-state index contributed by atoms with van der Waals surface area (Å²) in [5.74, 6) is 2.28. The van der Waals surface area contributed by atoms with E-state index in [4.69, 9.17) is 6.42 Å². The summed E-state index contributed by atoms with van der Waals surface area (Å²) in [6.07, 6.45) is 6.37. The maximum atomic E-state index is 4.91. The van der Waals surface area contributed by atoms with Crippen LogP contribution in [0, 0.1) is 12.3 Å². The topological polar surface area (TPSA) is 47.4 Å². The number of oxime groups is 1. The molecule has 0 aromatic carbocycles. The van der Waals surface area contributed by atoms with Crippen molar-refractivity contribution in [1.29, 1.82) is 0 Å². The second-order valence-corrected chi connectivity index (χ2v) is 2.15. The molecule has 0 aliphatic carbocycles. The highest BCUT2D eigenvalue weighted by Gasteiger charge is 1.87.